The summed E-state index contributed by atoms with van der Waals surface area (Å²) in [5, 5.41) is 2.60. The van der Waals surface area contributed by atoms with Gasteiger partial charge in [0, 0.05) is 24.9 Å². The summed E-state index contributed by atoms with van der Waals surface area (Å²) in [5.74, 6) is -0.743. The molecule has 2 aromatic rings. The minimum absolute atomic E-state index is 0.125. The number of halogens is 1. The molecule has 1 N–H and O–H groups in total. The van der Waals surface area contributed by atoms with E-state index in [0.29, 0.717) is 12.3 Å². The summed E-state index contributed by atoms with van der Waals surface area (Å²) in [6, 6.07) is 13.7. The molecule has 0 fully saturated rings. The quantitative estimate of drug-likeness (QED) is 0.628. The first-order valence-corrected chi connectivity index (χ1v) is 7.14. The predicted octanol–water partition coefficient (Wildman–Crippen LogP) is 3.50. The van der Waals surface area contributed by atoms with Crippen molar-refractivity contribution >= 4 is 17.7 Å². The molecule has 0 bridgehead atoms. The van der Waals surface area contributed by atoms with Crippen LogP contribution in [0, 0.1) is 5.82 Å². The molecule has 0 atom stereocenters. The van der Waals surface area contributed by atoms with Crippen molar-refractivity contribution < 1.29 is 18.7 Å². The lowest BCUT2D eigenvalue weighted by Crippen LogP contribution is -2.09. The van der Waals surface area contributed by atoms with Crippen LogP contribution in [-0.2, 0) is 9.53 Å². The maximum absolute atomic E-state index is 13.8. The summed E-state index contributed by atoms with van der Waals surface area (Å²) in [7, 11) is 1.54. The average molecular weight is 315 g/mol. The summed E-state index contributed by atoms with van der Waals surface area (Å²) in [6.45, 7) is 0.640. The van der Waals surface area contributed by atoms with Gasteiger partial charge in [0.1, 0.15) is 6.61 Å². The van der Waals surface area contributed by atoms with E-state index in [4.69, 9.17) is 9.47 Å². The van der Waals surface area contributed by atoms with Gasteiger partial charge >= 0.3 is 0 Å². The third-order valence-electron chi connectivity index (χ3n) is 2.97. The van der Waals surface area contributed by atoms with Crippen LogP contribution < -0.4 is 10.1 Å². The van der Waals surface area contributed by atoms with Crippen LogP contribution in [0.25, 0.3) is 6.08 Å². The van der Waals surface area contributed by atoms with Crippen LogP contribution in [0.4, 0.5) is 10.1 Å². The van der Waals surface area contributed by atoms with Crippen LogP contribution in [0.3, 0.4) is 0 Å². The molecule has 0 aromatic heterocycles. The van der Waals surface area contributed by atoms with Crippen LogP contribution in [0.5, 0.6) is 5.75 Å². The summed E-state index contributed by atoms with van der Waals surface area (Å²) >= 11 is 0. The predicted molar refractivity (Wildman–Crippen MR) is 87.9 cm³/mol. The zero-order chi connectivity index (χ0) is 16.5. The Morgan fingerprint density at radius 3 is 2.65 bits per heavy atom. The second-order valence-electron chi connectivity index (χ2n) is 4.72. The molecule has 0 saturated heterocycles. The number of anilines is 1. The Hall–Kier alpha value is -2.66. The molecule has 5 heteroatoms. The first-order chi connectivity index (χ1) is 11.2. The Balaban J connectivity index is 1.93. The van der Waals surface area contributed by atoms with Crippen molar-refractivity contribution in [2.45, 2.75) is 0 Å². The normalized spacial score (nSPS) is 10.7. The topological polar surface area (TPSA) is 47.6 Å². The standard InChI is InChI=1S/C18H18FNO3/c1-22-11-12-23-17-9-8-15(13-16(17)19)20-18(21)10-7-14-5-3-2-4-6-14/h2-10,13H,11-12H2,1H3,(H,20,21)/b10-7+. The van der Waals surface area contributed by atoms with Gasteiger partial charge in [-0.1, -0.05) is 30.3 Å². The highest BCUT2D eigenvalue weighted by atomic mass is 19.1. The molecule has 23 heavy (non-hydrogen) atoms. The van der Waals surface area contributed by atoms with Crippen LogP contribution in [0.2, 0.25) is 0 Å². The van der Waals surface area contributed by atoms with Gasteiger partial charge in [-0.3, -0.25) is 4.79 Å². The molecule has 0 radical (unpaired) electrons. The number of carbonyl (C=O) groups excluding carboxylic acids is 1. The van der Waals surface area contributed by atoms with Gasteiger partial charge in [-0.25, -0.2) is 4.39 Å². The molecule has 0 spiro atoms. The Labute approximate surface area is 134 Å². The van der Waals surface area contributed by atoms with E-state index >= 15 is 0 Å². The van der Waals surface area contributed by atoms with Gasteiger partial charge in [-0.15, -0.1) is 0 Å². The molecule has 120 valence electrons. The number of hydrogen-bond acceptors (Lipinski definition) is 3. The van der Waals surface area contributed by atoms with Crippen molar-refractivity contribution in [1.82, 2.24) is 0 Å². The van der Waals surface area contributed by atoms with Crippen molar-refractivity contribution in [3.8, 4) is 5.75 Å². The molecule has 0 heterocycles. The molecule has 0 unspecified atom stereocenters. The average Bonchev–Trinajstić information content (AvgIpc) is 2.56. The maximum Gasteiger partial charge on any atom is 0.248 e. The summed E-state index contributed by atoms with van der Waals surface area (Å²) in [6.07, 6.45) is 3.09. The minimum atomic E-state index is -0.536. The Morgan fingerprint density at radius 1 is 1.17 bits per heavy atom. The molecule has 0 aliphatic carbocycles. The van der Waals surface area contributed by atoms with Gasteiger partial charge in [0.15, 0.2) is 11.6 Å². The maximum atomic E-state index is 13.8. The number of nitrogens with one attached hydrogen (secondary N) is 1. The Morgan fingerprint density at radius 2 is 1.96 bits per heavy atom. The number of rotatable bonds is 7. The summed E-state index contributed by atoms with van der Waals surface area (Å²) < 4.78 is 23.9. The largest absolute Gasteiger partial charge is 0.488 e. The monoisotopic (exact) mass is 315 g/mol. The SMILES string of the molecule is COCCOc1ccc(NC(=O)/C=C/c2ccccc2)cc1F. The van der Waals surface area contributed by atoms with E-state index in [0.717, 1.165) is 5.56 Å². The molecule has 0 aliphatic heterocycles. The number of hydrogen-bond donors (Lipinski definition) is 1. The molecule has 2 aromatic carbocycles. The minimum Gasteiger partial charge on any atom is -0.488 e. The number of ether oxygens (including phenoxy) is 2. The van der Waals surface area contributed by atoms with E-state index in [1.165, 1.54) is 18.2 Å². The zero-order valence-electron chi connectivity index (χ0n) is 12.8. The van der Waals surface area contributed by atoms with E-state index in [2.05, 4.69) is 5.32 Å². The van der Waals surface area contributed by atoms with Crippen molar-refractivity contribution in [2.75, 3.05) is 25.6 Å². The van der Waals surface area contributed by atoms with E-state index in [1.807, 2.05) is 30.3 Å². The second-order valence-corrected chi connectivity index (χ2v) is 4.72. The van der Waals surface area contributed by atoms with Gasteiger partial charge in [0.25, 0.3) is 0 Å². The fourth-order valence-electron chi connectivity index (χ4n) is 1.85. The third kappa shape index (κ3) is 5.56. The smallest absolute Gasteiger partial charge is 0.248 e. The van der Waals surface area contributed by atoms with Gasteiger partial charge in [-0.2, -0.15) is 0 Å². The van der Waals surface area contributed by atoms with E-state index in [9.17, 15) is 9.18 Å². The molecule has 2 rings (SSSR count). The molecule has 4 nitrogen and oxygen atoms in total. The lowest BCUT2D eigenvalue weighted by atomic mass is 10.2. The highest BCUT2D eigenvalue weighted by Gasteiger charge is 2.06. The third-order valence-corrected chi connectivity index (χ3v) is 2.97. The zero-order valence-corrected chi connectivity index (χ0v) is 12.8. The van der Waals surface area contributed by atoms with E-state index in [1.54, 1.807) is 19.3 Å². The lowest BCUT2D eigenvalue weighted by molar-refractivity contribution is -0.111. The van der Waals surface area contributed by atoms with Crippen LogP contribution >= 0.6 is 0 Å². The van der Waals surface area contributed by atoms with Crippen LogP contribution in [0.15, 0.2) is 54.6 Å². The van der Waals surface area contributed by atoms with Crippen molar-refractivity contribution in [2.24, 2.45) is 0 Å². The lowest BCUT2D eigenvalue weighted by Gasteiger charge is -2.08. The second kappa shape index (κ2) is 8.70. The molecule has 0 aliphatic rings. The summed E-state index contributed by atoms with van der Waals surface area (Å²) in [5.41, 5.74) is 1.28. The van der Waals surface area contributed by atoms with Gasteiger partial charge < -0.3 is 14.8 Å². The summed E-state index contributed by atoms with van der Waals surface area (Å²) in [4.78, 5) is 11.8. The first kappa shape index (κ1) is 16.7. The number of amides is 1. The molecular formula is C18H18FNO3. The van der Waals surface area contributed by atoms with Crippen molar-refractivity contribution in [1.29, 1.82) is 0 Å². The van der Waals surface area contributed by atoms with Gasteiger partial charge in [0.05, 0.1) is 6.61 Å². The number of carbonyl (C=O) groups is 1. The Bertz CT molecular complexity index is 671. The fourth-order valence-corrected chi connectivity index (χ4v) is 1.85. The highest BCUT2D eigenvalue weighted by molar-refractivity contribution is 6.01. The number of benzene rings is 2. The fraction of sp³-hybridized carbons (Fsp3) is 0.167. The van der Waals surface area contributed by atoms with Gasteiger partial charge in [-0.05, 0) is 23.8 Å². The Kier molecular flexibility index (Phi) is 6.32. The highest BCUT2D eigenvalue weighted by Crippen LogP contribution is 2.21. The van der Waals surface area contributed by atoms with E-state index in [-0.39, 0.29) is 18.3 Å². The van der Waals surface area contributed by atoms with Gasteiger partial charge in [0.2, 0.25) is 5.91 Å². The molecule has 1 amide bonds. The molecule has 0 saturated carbocycles. The van der Waals surface area contributed by atoms with Crippen molar-refractivity contribution in [3.63, 3.8) is 0 Å². The van der Waals surface area contributed by atoms with E-state index < -0.39 is 5.82 Å². The molecular weight excluding hydrogens is 297 g/mol. The first-order valence-electron chi connectivity index (χ1n) is 7.14. The number of methoxy groups -OCH3 is 1. The van der Waals surface area contributed by atoms with Crippen molar-refractivity contribution in [3.05, 3.63) is 66.0 Å². The van der Waals surface area contributed by atoms with Crippen LogP contribution in [0.1, 0.15) is 5.56 Å². The van der Waals surface area contributed by atoms with Crippen LogP contribution in [-0.4, -0.2) is 26.2 Å².